The van der Waals surface area contributed by atoms with E-state index < -0.39 is 46.7 Å². The van der Waals surface area contributed by atoms with Crippen LogP contribution in [0.1, 0.15) is 45.6 Å². The van der Waals surface area contributed by atoms with Gasteiger partial charge in [0.15, 0.2) is 37.6 Å². The Kier molecular flexibility index (Phi) is 14.0. The summed E-state index contributed by atoms with van der Waals surface area (Å²) in [4.78, 5) is 0. The van der Waals surface area contributed by atoms with Crippen LogP contribution in [0.5, 0.6) is 0 Å². The maximum atomic E-state index is 6.80. The first-order chi connectivity index (χ1) is 13.5. The number of aryl methyl sites for hydroxylation is 1. The summed E-state index contributed by atoms with van der Waals surface area (Å²) in [5, 5.41) is 0. The van der Waals surface area contributed by atoms with E-state index in [4.69, 9.17) is 16.5 Å². The molecule has 0 aliphatic carbocycles. The molecule has 0 aliphatic heterocycles. The second-order valence-corrected chi connectivity index (χ2v) is 20.6. The maximum absolute atomic E-state index is 6.80. The largest absolute Gasteiger partial charge is 0.635 e. The van der Waals surface area contributed by atoms with Gasteiger partial charge in [-0.15, -0.1) is 0 Å². The van der Waals surface area contributed by atoms with Gasteiger partial charge >= 0.3 is 9.05 Å². The van der Waals surface area contributed by atoms with Gasteiger partial charge in [0, 0.05) is 0 Å². The smallest absolute Gasteiger partial charge is 0.401 e. The first-order valence-electron chi connectivity index (χ1n) is 11.1. The molecular weight excluding hydrogens is 433 g/mol. The lowest BCUT2D eigenvalue weighted by atomic mass is 10.2. The summed E-state index contributed by atoms with van der Waals surface area (Å²) in [6.45, 7) is 11.3. The molecule has 4 nitrogen and oxygen atoms in total. The molecule has 0 N–H and O–H groups in total. The quantitative estimate of drug-likeness (QED) is 0.255. The lowest BCUT2D eigenvalue weighted by Crippen LogP contribution is -2.57. The molecule has 0 spiro atoms. The molecule has 1 aromatic carbocycles. The minimum atomic E-state index is -2.93. The van der Waals surface area contributed by atoms with E-state index in [1.54, 1.807) is 0 Å². The highest BCUT2D eigenvalue weighted by Crippen LogP contribution is 2.24. The molecule has 0 unspecified atom stereocenters. The van der Waals surface area contributed by atoms with E-state index in [0.717, 1.165) is 12.5 Å². The van der Waals surface area contributed by atoms with Crippen molar-refractivity contribution in [2.45, 2.75) is 83.7 Å². The second-order valence-electron chi connectivity index (χ2n) is 7.95. The normalized spacial score (nSPS) is 15.5. The predicted octanol–water partition coefficient (Wildman–Crippen LogP) is 3.67. The van der Waals surface area contributed by atoms with E-state index in [2.05, 4.69) is 64.2 Å². The molecule has 0 heterocycles. The molecule has 0 atom stereocenters. The predicted molar refractivity (Wildman–Crippen MR) is 133 cm³/mol. The van der Waals surface area contributed by atoms with E-state index in [-0.39, 0.29) is 0 Å². The average molecular weight is 475 g/mol. The molecule has 0 amide bonds. The zero-order valence-electron chi connectivity index (χ0n) is 18.8. The minimum absolute atomic E-state index is 0.642. The van der Waals surface area contributed by atoms with Crippen molar-refractivity contribution in [3.63, 3.8) is 0 Å². The molecule has 1 rings (SSSR count). The topological polar surface area (TPSA) is 36.9 Å². The first-order valence-corrected chi connectivity index (χ1v) is 20.6. The monoisotopic (exact) mass is 474 g/mol. The van der Waals surface area contributed by atoms with Gasteiger partial charge in [-0.05, 0) is 49.3 Å². The first kappa shape index (κ1) is 26.2. The molecule has 1 aromatic rings. The Morgan fingerprint density at radius 1 is 0.750 bits per heavy atom. The Hall–Kier alpha value is 0.144. The lowest BCUT2D eigenvalue weighted by molar-refractivity contribution is 0.166. The van der Waals surface area contributed by atoms with E-state index in [0.29, 0.717) is 0 Å². The summed E-state index contributed by atoms with van der Waals surface area (Å²) in [5.74, 6) is 0. The second kappa shape index (κ2) is 15.0. The number of benzene rings is 1. The summed E-state index contributed by atoms with van der Waals surface area (Å²) in [5.41, 5.74) is 1.38. The molecule has 0 fully saturated rings. The number of hydrogen-bond donors (Lipinski definition) is 0. The molecule has 28 heavy (non-hydrogen) atoms. The molecular formula is C19H42O4Si5. The van der Waals surface area contributed by atoms with Crippen molar-refractivity contribution >= 4 is 46.7 Å². The van der Waals surface area contributed by atoms with Crippen LogP contribution < -0.4 is 0 Å². The zero-order chi connectivity index (χ0) is 20.7. The van der Waals surface area contributed by atoms with Gasteiger partial charge in [-0.2, -0.15) is 0 Å². The van der Waals surface area contributed by atoms with Crippen LogP contribution in [-0.4, -0.2) is 46.7 Å². The molecule has 0 aromatic heterocycles. The lowest BCUT2D eigenvalue weighted by Gasteiger charge is -2.36. The SMILES string of the molecule is CCC[SiH2]O[Si](O[SiH2]CCC)(O[SiH2]CCC)O[Si](C)(C)CCc1ccccc1. The average Bonchev–Trinajstić information content (AvgIpc) is 2.68. The fourth-order valence-electron chi connectivity index (χ4n) is 2.72. The van der Waals surface area contributed by atoms with Crippen LogP contribution in [0.25, 0.3) is 0 Å². The molecule has 0 saturated heterocycles. The van der Waals surface area contributed by atoms with Gasteiger partial charge in [-0.1, -0.05) is 70.4 Å². The van der Waals surface area contributed by atoms with Crippen molar-refractivity contribution < 1.29 is 16.5 Å². The fraction of sp³-hybridized carbons (Fsp3) is 0.684. The standard InChI is InChI=1S/C19H42O4Si5/c1-6-15-24-20-28(21-25-16-7-2,22-26-17-8-3)23-27(4,5)18-14-19-12-10-9-11-13-19/h9-13H,6-8,14-18,24-26H2,1-5H3. The number of hydrogen-bond acceptors (Lipinski definition) is 4. The van der Waals surface area contributed by atoms with Gasteiger partial charge in [0.2, 0.25) is 0 Å². The van der Waals surface area contributed by atoms with Crippen LogP contribution in [0.15, 0.2) is 30.3 Å². The van der Waals surface area contributed by atoms with Gasteiger partial charge in [0.05, 0.1) is 0 Å². The third-order valence-corrected chi connectivity index (χ3v) is 18.9. The van der Waals surface area contributed by atoms with Crippen LogP contribution in [0.4, 0.5) is 0 Å². The van der Waals surface area contributed by atoms with Crippen LogP contribution in [0.3, 0.4) is 0 Å². The summed E-state index contributed by atoms with van der Waals surface area (Å²) in [6.07, 6.45) is 4.56. The molecule has 0 aliphatic rings. The van der Waals surface area contributed by atoms with Gasteiger partial charge in [0.1, 0.15) is 0 Å². The Bertz CT molecular complexity index is 478. The van der Waals surface area contributed by atoms with Crippen LogP contribution in [-0.2, 0) is 22.9 Å². The van der Waals surface area contributed by atoms with Gasteiger partial charge in [-0.3, -0.25) is 0 Å². The Morgan fingerprint density at radius 2 is 1.21 bits per heavy atom. The van der Waals surface area contributed by atoms with Crippen molar-refractivity contribution in [3.05, 3.63) is 35.9 Å². The van der Waals surface area contributed by atoms with E-state index >= 15 is 0 Å². The van der Waals surface area contributed by atoms with Gasteiger partial charge in [0.25, 0.3) is 0 Å². The highest BCUT2D eigenvalue weighted by Gasteiger charge is 2.48. The summed E-state index contributed by atoms with van der Waals surface area (Å²) >= 11 is 0. The molecule has 0 radical (unpaired) electrons. The van der Waals surface area contributed by atoms with E-state index in [1.165, 1.54) is 43.0 Å². The molecule has 0 bridgehead atoms. The van der Waals surface area contributed by atoms with Crippen molar-refractivity contribution in [3.8, 4) is 0 Å². The summed E-state index contributed by atoms with van der Waals surface area (Å²) in [7, 11) is -6.81. The molecule has 162 valence electrons. The Balaban J connectivity index is 2.83. The van der Waals surface area contributed by atoms with Crippen molar-refractivity contribution in [2.24, 2.45) is 0 Å². The van der Waals surface area contributed by atoms with Crippen molar-refractivity contribution in [1.29, 1.82) is 0 Å². The third-order valence-electron chi connectivity index (χ3n) is 4.59. The Labute approximate surface area is 182 Å². The van der Waals surface area contributed by atoms with Crippen molar-refractivity contribution in [1.82, 2.24) is 0 Å². The maximum Gasteiger partial charge on any atom is 0.635 e. The highest BCUT2D eigenvalue weighted by molar-refractivity contribution is 6.82. The van der Waals surface area contributed by atoms with E-state index in [1.807, 2.05) is 0 Å². The van der Waals surface area contributed by atoms with Gasteiger partial charge < -0.3 is 16.5 Å². The number of rotatable bonds is 17. The van der Waals surface area contributed by atoms with E-state index in [9.17, 15) is 0 Å². The Morgan fingerprint density at radius 3 is 1.64 bits per heavy atom. The van der Waals surface area contributed by atoms with Crippen LogP contribution in [0, 0.1) is 0 Å². The highest BCUT2D eigenvalue weighted by atomic mass is 28.5. The summed E-state index contributed by atoms with van der Waals surface area (Å²) in [6, 6.07) is 15.3. The summed E-state index contributed by atoms with van der Waals surface area (Å²) < 4.78 is 26.2. The minimum Gasteiger partial charge on any atom is -0.401 e. The third kappa shape index (κ3) is 11.4. The van der Waals surface area contributed by atoms with Crippen LogP contribution in [0.2, 0.25) is 37.3 Å². The van der Waals surface area contributed by atoms with Crippen molar-refractivity contribution in [2.75, 3.05) is 0 Å². The molecule has 9 heteroatoms. The molecule has 0 saturated carbocycles. The van der Waals surface area contributed by atoms with Crippen LogP contribution >= 0.6 is 0 Å². The van der Waals surface area contributed by atoms with Gasteiger partial charge in [-0.25, -0.2) is 0 Å². The fourth-order valence-corrected chi connectivity index (χ4v) is 17.9. The zero-order valence-corrected chi connectivity index (χ0v) is 25.0.